The minimum Gasteiger partial charge on any atom is -0.457 e. The number of hydrogen-bond donors (Lipinski definition) is 1. The quantitative estimate of drug-likeness (QED) is 0.185. The van der Waals surface area contributed by atoms with Gasteiger partial charge >= 0.3 is 11.9 Å². The first-order valence-electron chi connectivity index (χ1n) is 12.5. The highest BCUT2D eigenvalue weighted by Crippen LogP contribution is 2.43. The summed E-state index contributed by atoms with van der Waals surface area (Å²) in [6.45, 7) is 4.88. The fraction of sp³-hybridized carbons (Fsp3) is 0.357. The first kappa shape index (κ1) is 27.0. The van der Waals surface area contributed by atoms with E-state index in [4.69, 9.17) is 14.5 Å². The summed E-state index contributed by atoms with van der Waals surface area (Å²) in [5.74, 6) is -2.70. The lowest BCUT2D eigenvalue weighted by atomic mass is 9.99. The molecule has 0 saturated heterocycles. The standard InChI is InChI=1S/C28H26IN3O7/c1-14(2)23(31-22(34)9-8-15(3)33)26(36)39-28(29)19-11-21-24-17(10-16-6-4-5-7-20(16)30-24)12-32(21)25(35)18(19)13-38-27(28)37/h4-7,10-11,14,23H,8-9,12-13H2,1-3H3,(H,31,34)/t23-,28-/m0/s1. The molecule has 3 aromatic rings. The number of fused-ring (bicyclic) bond motifs is 5. The summed E-state index contributed by atoms with van der Waals surface area (Å²) in [7, 11) is 0. The second kappa shape index (κ2) is 10.2. The predicted octanol–water partition coefficient (Wildman–Crippen LogP) is 3.12. The highest BCUT2D eigenvalue weighted by atomic mass is 127. The minimum absolute atomic E-state index is 0.0431. The van der Waals surface area contributed by atoms with Crippen molar-refractivity contribution >= 4 is 57.1 Å². The molecule has 11 heteroatoms. The van der Waals surface area contributed by atoms with Gasteiger partial charge in [0.25, 0.3) is 9.17 Å². The zero-order valence-corrected chi connectivity index (χ0v) is 23.7. The second-order valence-electron chi connectivity index (χ2n) is 10.1. The van der Waals surface area contributed by atoms with E-state index in [2.05, 4.69) is 5.32 Å². The van der Waals surface area contributed by atoms with Gasteiger partial charge in [0.05, 0.1) is 29.0 Å². The molecule has 10 nitrogen and oxygen atoms in total. The Balaban J connectivity index is 1.52. The van der Waals surface area contributed by atoms with Gasteiger partial charge in [0.15, 0.2) is 0 Å². The average Bonchev–Trinajstić information content (AvgIpc) is 3.25. The van der Waals surface area contributed by atoms with Gasteiger partial charge in [0, 0.05) is 29.4 Å². The van der Waals surface area contributed by atoms with Crippen LogP contribution >= 0.6 is 22.6 Å². The molecule has 0 bridgehead atoms. The largest absolute Gasteiger partial charge is 0.457 e. The van der Waals surface area contributed by atoms with Crippen LogP contribution in [0, 0.1) is 5.92 Å². The summed E-state index contributed by atoms with van der Waals surface area (Å²) in [5.41, 5.74) is 2.85. The molecule has 202 valence electrons. The number of esters is 2. The summed E-state index contributed by atoms with van der Waals surface area (Å²) >= 11 is 1.69. The lowest BCUT2D eigenvalue weighted by Crippen LogP contribution is -2.50. The molecule has 0 aliphatic carbocycles. The zero-order chi connectivity index (χ0) is 28.1. The van der Waals surface area contributed by atoms with E-state index in [1.807, 2.05) is 30.3 Å². The van der Waals surface area contributed by atoms with Crippen LogP contribution in [0.25, 0.3) is 22.3 Å². The number of para-hydroxylation sites is 1. The maximum atomic E-state index is 13.6. The Hall–Kier alpha value is -3.61. The van der Waals surface area contributed by atoms with Gasteiger partial charge in [0.1, 0.15) is 18.4 Å². The number of benzene rings is 1. The van der Waals surface area contributed by atoms with Crippen molar-refractivity contribution in [2.24, 2.45) is 5.92 Å². The van der Waals surface area contributed by atoms with Crippen molar-refractivity contribution in [3.63, 3.8) is 0 Å². The third-order valence-electron chi connectivity index (χ3n) is 6.91. The number of aromatic nitrogens is 2. The Kier molecular flexibility index (Phi) is 7.04. The lowest BCUT2D eigenvalue weighted by molar-refractivity contribution is -0.176. The second-order valence-corrected chi connectivity index (χ2v) is 11.6. The number of alkyl halides is 1. The molecule has 2 aromatic heterocycles. The molecule has 4 heterocycles. The Labute approximate surface area is 237 Å². The van der Waals surface area contributed by atoms with Crippen molar-refractivity contribution in [1.29, 1.82) is 0 Å². The van der Waals surface area contributed by atoms with E-state index in [-0.39, 0.29) is 47.8 Å². The van der Waals surface area contributed by atoms with Crippen LogP contribution in [0.15, 0.2) is 41.2 Å². The number of nitrogens with zero attached hydrogens (tertiary/aromatic N) is 2. The molecule has 0 unspecified atom stereocenters. The van der Waals surface area contributed by atoms with Gasteiger partial charge in [-0.1, -0.05) is 32.0 Å². The molecule has 0 saturated carbocycles. The van der Waals surface area contributed by atoms with Crippen LogP contribution in [-0.4, -0.2) is 39.2 Å². The molecule has 39 heavy (non-hydrogen) atoms. The summed E-state index contributed by atoms with van der Waals surface area (Å²) in [4.78, 5) is 68.4. The number of carbonyl (C=O) groups is 4. The van der Waals surface area contributed by atoms with Gasteiger partial charge in [-0.2, -0.15) is 0 Å². The Bertz CT molecular complexity index is 1610. The number of hydrogen-bond acceptors (Lipinski definition) is 8. The number of carbonyl (C=O) groups excluding carboxylic acids is 4. The summed E-state index contributed by atoms with van der Waals surface area (Å²) in [5, 5.41) is 3.55. The van der Waals surface area contributed by atoms with Gasteiger partial charge in [-0.15, -0.1) is 0 Å². The molecule has 2 aliphatic heterocycles. The van der Waals surface area contributed by atoms with E-state index in [9.17, 15) is 24.0 Å². The summed E-state index contributed by atoms with van der Waals surface area (Å²) in [6, 6.07) is 10.2. The molecule has 0 fully saturated rings. The highest BCUT2D eigenvalue weighted by molar-refractivity contribution is 14.1. The molecule has 1 amide bonds. The number of ether oxygens (including phenoxy) is 2. The topological polar surface area (TPSA) is 134 Å². The van der Waals surface area contributed by atoms with Crippen molar-refractivity contribution in [2.45, 2.75) is 56.4 Å². The van der Waals surface area contributed by atoms with Crippen LogP contribution < -0.4 is 10.9 Å². The minimum atomic E-state index is -1.95. The monoisotopic (exact) mass is 643 g/mol. The number of rotatable bonds is 7. The molecule has 2 atom stereocenters. The normalized spacial score (nSPS) is 18.1. The van der Waals surface area contributed by atoms with Crippen LogP contribution in [-0.2, 0) is 45.4 Å². The first-order valence-corrected chi connectivity index (χ1v) is 13.6. The zero-order valence-electron chi connectivity index (χ0n) is 21.6. The van der Waals surface area contributed by atoms with Crippen LogP contribution in [0.3, 0.4) is 0 Å². The van der Waals surface area contributed by atoms with E-state index >= 15 is 0 Å². The van der Waals surface area contributed by atoms with E-state index in [1.165, 1.54) is 6.92 Å². The summed E-state index contributed by atoms with van der Waals surface area (Å²) in [6.07, 6.45) is -0.0302. The van der Waals surface area contributed by atoms with E-state index in [1.54, 1.807) is 47.1 Å². The Morgan fingerprint density at radius 1 is 1.18 bits per heavy atom. The fourth-order valence-electron chi connectivity index (χ4n) is 4.81. The molecule has 1 aromatic carbocycles. The molecule has 1 N–H and O–H groups in total. The van der Waals surface area contributed by atoms with Crippen LogP contribution in [0.5, 0.6) is 0 Å². The number of nitrogens with one attached hydrogen (secondary N) is 1. The number of halogens is 1. The molecule has 0 radical (unpaired) electrons. The number of Topliss-reactive ketones (excluding diaryl/α,β-unsaturated/α-hetero) is 1. The van der Waals surface area contributed by atoms with Crippen molar-refractivity contribution in [3.05, 3.63) is 63.4 Å². The number of amides is 1. The first-order chi connectivity index (χ1) is 18.5. The molecule has 0 spiro atoms. The Morgan fingerprint density at radius 2 is 1.92 bits per heavy atom. The molecular formula is C28H26IN3O7. The fourth-order valence-corrected chi connectivity index (χ4v) is 5.67. The van der Waals surface area contributed by atoms with Crippen molar-refractivity contribution in [3.8, 4) is 11.4 Å². The number of ketones is 1. The molecular weight excluding hydrogens is 617 g/mol. The van der Waals surface area contributed by atoms with Gasteiger partial charge < -0.3 is 24.2 Å². The SMILES string of the molecule is CC(=O)CCC(=O)N[C@H](C(=O)O[C@]1(I)C(=O)OCc2c1cc1n(c2=O)Cc2cc3ccccc3nc2-1)C(C)C. The third kappa shape index (κ3) is 4.83. The van der Waals surface area contributed by atoms with Crippen molar-refractivity contribution in [1.82, 2.24) is 14.9 Å². The Morgan fingerprint density at radius 3 is 2.64 bits per heavy atom. The summed E-state index contributed by atoms with van der Waals surface area (Å²) < 4.78 is 10.7. The van der Waals surface area contributed by atoms with Gasteiger partial charge in [-0.25, -0.2) is 14.6 Å². The maximum absolute atomic E-state index is 13.6. The van der Waals surface area contributed by atoms with Crippen molar-refractivity contribution < 1.29 is 28.7 Å². The van der Waals surface area contributed by atoms with E-state index in [0.717, 1.165) is 16.5 Å². The van der Waals surface area contributed by atoms with E-state index < -0.39 is 27.5 Å². The van der Waals surface area contributed by atoms with Crippen molar-refractivity contribution in [2.75, 3.05) is 0 Å². The van der Waals surface area contributed by atoms with Gasteiger partial charge in [-0.05, 0) is 53.6 Å². The highest BCUT2D eigenvalue weighted by Gasteiger charge is 2.51. The smallest absolute Gasteiger partial charge is 0.366 e. The van der Waals surface area contributed by atoms with Gasteiger partial charge in [0.2, 0.25) is 5.91 Å². The molecule has 5 rings (SSSR count). The average molecular weight is 643 g/mol. The van der Waals surface area contributed by atoms with Crippen LogP contribution in [0.4, 0.5) is 0 Å². The lowest BCUT2D eigenvalue weighted by Gasteiger charge is -2.33. The third-order valence-corrected chi connectivity index (χ3v) is 8.15. The number of pyridine rings is 2. The molecule has 2 aliphatic rings. The maximum Gasteiger partial charge on any atom is 0.366 e. The number of cyclic esters (lactones) is 1. The van der Waals surface area contributed by atoms with Crippen LogP contribution in [0.2, 0.25) is 0 Å². The van der Waals surface area contributed by atoms with Gasteiger partial charge in [-0.3, -0.25) is 9.59 Å². The van der Waals surface area contributed by atoms with E-state index in [0.29, 0.717) is 17.9 Å². The predicted molar refractivity (Wildman–Crippen MR) is 149 cm³/mol. The van der Waals surface area contributed by atoms with Crippen LogP contribution in [0.1, 0.15) is 50.3 Å².